The molecular weight excluding hydrogens is 307 g/mol. The second-order valence-electron chi connectivity index (χ2n) is 4.66. The molecule has 0 bridgehead atoms. The molecule has 22 heavy (non-hydrogen) atoms. The lowest BCUT2D eigenvalue weighted by Gasteiger charge is -1.98. The summed E-state index contributed by atoms with van der Waals surface area (Å²) >= 11 is 6.04. The molecule has 0 radical (unpaired) electrons. The van der Waals surface area contributed by atoms with Gasteiger partial charge in [0.15, 0.2) is 5.58 Å². The molecule has 0 spiro atoms. The van der Waals surface area contributed by atoms with E-state index in [2.05, 4.69) is 15.2 Å². The first-order chi connectivity index (χ1) is 10.7. The predicted molar refractivity (Wildman–Crippen MR) is 79.3 cm³/mol. The van der Waals surface area contributed by atoms with Crippen LogP contribution in [0.2, 0.25) is 5.02 Å². The maximum absolute atomic E-state index is 13.1. The van der Waals surface area contributed by atoms with Gasteiger partial charge in [-0.1, -0.05) is 11.6 Å². The SMILES string of the molecule is Fc1ccc(-c2nc3cc(-n4cnnc4)ccc3o2)c(Cl)c1. The topological polar surface area (TPSA) is 56.7 Å². The third-order valence-corrected chi connectivity index (χ3v) is 3.56. The van der Waals surface area contributed by atoms with Gasteiger partial charge in [-0.05, 0) is 36.4 Å². The highest BCUT2D eigenvalue weighted by atomic mass is 35.5. The Balaban J connectivity index is 1.84. The minimum atomic E-state index is -0.403. The number of aromatic nitrogens is 4. The van der Waals surface area contributed by atoms with E-state index < -0.39 is 5.82 Å². The number of oxazole rings is 1. The fourth-order valence-corrected chi connectivity index (χ4v) is 2.44. The molecule has 0 amide bonds. The van der Waals surface area contributed by atoms with Gasteiger partial charge < -0.3 is 4.42 Å². The van der Waals surface area contributed by atoms with Crippen molar-refractivity contribution in [2.24, 2.45) is 0 Å². The molecule has 4 aromatic rings. The molecule has 0 N–H and O–H groups in total. The van der Waals surface area contributed by atoms with Crippen molar-refractivity contribution >= 4 is 22.7 Å². The summed E-state index contributed by atoms with van der Waals surface area (Å²) in [5.74, 6) is -0.0549. The van der Waals surface area contributed by atoms with E-state index in [9.17, 15) is 4.39 Å². The van der Waals surface area contributed by atoms with Gasteiger partial charge in [-0.15, -0.1) is 10.2 Å². The minimum absolute atomic E-state index is 0.255. The van der Waals surface area contributed by atoms with Crippen LogP contribution in [0.1, 0.15) is 0 Å². The molecule has 0 aliphatic heterocycles. The maximum atomic E-state index is 13.1. The van der Waals surface area contributed by atoms with Crippen molar-refractivity contribution in [3.8, 4) is 17.1 Å². The highest BCUT2D eigenvalue weighted by Gasteiger charge is 2.13. The van der Waals surface area contributed by atoms with Crippen molar-refractivity contribution < 1.29 is 8.81 Å². The van der Waals surface area contributed by atoms with Crippen LogP contribution in [0.4, 0.5) is 4.39 Å². The molecule has 2 heterocycles. The van der Waals surface area contributed by atoms with E-state index in [0.29, 0.717) is 22.6 Å². The largest absolute Gasteiger partial charge is 0.436 e. The quantitative estimate of drug-likeness (QED) is 0.563. The Kier molecular flexibility index (Phi) is 2.90. The van der Waals surface area contributed by atoms with Crippen molar-refractivity contribution in [2.75, 3.05) is 0 Å². The molecule has 2 aromatic carbocycles. The van der Waals surface area contributed by atoms with Gasteiger partial charge in [-0.2, -0.15) is 0 Å². The van der Waals surface area contributed by atoms with Crippen molar-refractivity contribution in [2.45, 2.75) is 0 Å². The summed E-state index contributed by atoms with van der Waals surface area (Å²) in [7, 11) is 0. The third kappa shape index (κ3) is 2.14. The van der Waals surface area contributed by atoms with Gasteiger partial charge in [-0.3, -0.25) is 4.57 Å². The number of hydrogen-bond donors (Lipinski definition) is 0. The Morgan fingerprint density at radius 3 is 2.64 bits per heavy atom. The summed E-state index contributed by atoms with van der Waals surface area (Å²) in [5.41, 5.74) is 2.70. The van der Waals surface area contributed by atoms with Crippen LogP contribution in [0.25, 0.3) is 28.2 Å². The maximum Gasteiger partial charge on any atom is 0.228 e. The number of hydrogen-bond acceptors (Lipinski definition) is 4. The first-order valence-electron chi connectivity index (χ1n) is 6.42. The molecule has 0 fully saturated rings. The number of benzene rings is 2. The van der Waals surface area contributed by atoms with Gasteiger partial charge in [0, 0.05) is 0 Å². The molecule has 0 saturated carbocycles. The number of nitrogens with zero attached hydrogens (tertiary/aromatic N) is 4. The zero-order valence-electron chi connectivity index (χ0n) is 11.1. The van der Waals surface area contributed by atoms with E-state index >= 15 is 0 Å². The number of halogens is 2. The van der Waals surface area contributed by atoms with Gasteiger partial charge in [0.25, 0.3) is 0 Å². The van der Waals surface area contributed by atoms with E-state index in [4.69, 9.17) is 16.0 Å². The van der Waals surface area contributed by atoms with Crippen molar-refractivity contribution in [3.63, 3.8) is 0 Å². The van der Waals surface area contributed by atoms with E-state index in [1.54, 1.807) is 29.4 Å². The lowest BCUT2D eigenvalue weighted by Crippen LogP contribution is -1.89. The van der Waals surface area contributed by atoms with E-state index in [1.807, 2.05) is 12.1 Å². The molecular formula is C15H8ClFN4O. The standard InChI is InChI=1S/C15H8ClFN4O/c16-12-5-9(17)1-3-11(12)15-20-13-6-10(2-4-14(13)22-15)21-7-18-19-8-21/h1-8H. The highest BCUT2D eigenvalue weighted by Crippen LogP contribution is 2.31. The Labute approximate surface area is 129 Å². The van der Waals surface area contributed by atoms with Crippen LogP contribution in [-0.4, -0.2) is 19.7 Å². The Hall–Kier alpha value is -2.73. The van der Waals surface area contributed by atoms with Crippen LogP contribution in [-0.2, 0) is 0 Å². The van der Waals surface area contributed by atoms with Crippen LogP contribution in [0.15, 0.2) is 53.5 Å². The number of fused-ring (bicyclic) bond motifs is 1. The van der Waals surface area contributed by atoms with Crippen LogP contribution in [0.3, 0.4) is 0 Å². The Morgan fingerprint density at radius 2 is 1.86 bits per heavy atom. The first kappa shape index (κ1) is 13.0. The number of rotatable bonds is 2. The highest BCUT2D eigenvalue weighted by molar-refractivity contribution is 6.33. The monoisotopic (exact) mass is 314 g/mol. The molecule has 108 valence electrons. The molecule has 0 unspecified atom stereocenters. The molecule has 0 aliphatic carbocycles. The zero-order chi connectivity index (χ0) is 15.1. The van der Waals surface area contributed by atoms with E-state index in [0.717, 1.165) is 5.69 Å². The predicted octanol–water partition coefficient (Wildman–Crippen LogP) is 3.87. The second-order valence-corrected chi connectivity index (χ2v) is 5.07. The van der Waals surface area contributed by atoms with Gasteiger partial charge in [0.05, 0.1) is 16.3 Å². The smallest absolute Gasteiger partial charge is 0.228 e. The third-order valence-electron chi connectivity index (χ3n) is 3.25. The van der Waals surface area contributed by atoms with Gasteiger partial charge in [0.1, 0.15) is 24.0 Å². The first-order valence-corrected chi connectivity index (χ1v) is 6.79. The summed E-state index contributed by atoms with van der Waals surface area (Å²) in [5, 5.41) is 7.79. The van der Waals surface area contributed by atoms with Crippen LogP contribution in [0, 0.1) is 5.82 Å². The molecule has 2 aromatic heterocycles. The van der Waals surface area contributed by atoms with E-state index in [-0.39, 0.29) is 5.02 Å². The fourth-order valence-electron chi connectivity index (χ4n) is 2.19. The molecule has 0 atom stereocenters. The van der Waals surface area contributed by atoms with Crippen molar-refractivity contribution in [1.82, 2.24) is 19.7 Å². The van der Waals surface area contributed by atoms with Gasteiger partial charge in [-0.25, -0.2) is 9.37 Å². The van der Waals surface area contributed by atoms with Crippen LogP contribution in [0.5, 0.6) is 0 Å². The van der Waals surface area contributed by atoms with Crippen molar-refractivity contribution in [1.29, 1.82) is 0 Å². The molecule has 4 rings (SSSR count). The lowest BCUT2D eigenvalue weighted by molar-refractivity contribution is 0.616. The molecule has 0 saturated heterocycles. The molecule has 5 nitrogen and oxygen atoms in total. The van der Waals surface area contributed by atoms with E-state index in [1.165, 1.54) is 12.1 Å². The Morgan fingerprint density at radius 1 is 1.05 bits per heavy atom. The average Bonchev–Trinajstić information content (AvgIpc) is 3.15. The fraction of sp³-hybridized carbons (Fsp3) is 0. The van der Waals surface area contributed by atoms with Gasteiger partial charge in [0.2, 0.25) is 5.89 Å². The van der Waals surface area contributed by atoms with Crippen LogP contribution < -0.4 is 0 Å². The summed E-state index contributed by atoms with van der Waals surface area (Å²) in [6.45, 7) is 0. The Bertz CT molecular complexity index is 965. The normalized spacial score (nSPS) is 11.2. The molecule has 7 heteroatoms. The summed E-state index contributed by atoms with van der Waals surface area (Å²) in [6.07, 6.45) is 3.19. The lowest BCUT2D eigenvalue weighted by atomic mass is 10.2. The van der Waals surface area contributed by atoms with Crippen molar-refractivity contribution in [3.05, 3.63) is 59.9 Å². The van der Waals surface area contributed by atoms with Crippen LogP contribution >= 0.6 is 11.6 Å². The zero-order valence-corrected chi connectivity index (χ0v) is 11.8. The summed E-state index contributed by atoms with van der Waals surface area (Å²) < 4.78 is 20.6. The molecule has 0 aliphatic rings. The summed E-state index contributed by atoms with van der Waals surface area (Å²) in [6, 6.07) is 9.62. The second kappa shape index (κ2) is 4.92. The summed E-state index contributed by atoms with van der Waals surface area (Å²) in [4.78, 5) is 4.42. The minimum Gasteiger partial charge on any atom is -0.436 e. The van der Waals surface area contributed by atoms with Gasteiger partial charge >= 0.3 is 0 Å². The average molecular weight is 315 g/mol.